The van der Waals surface area contributed by atoms with Gasteiger partial charge in [-0.2, -0.15) is 5.10 Å². The highest BCUT2D eigenvalue weighted by Crippen LogP contribution is 2.10. The highest BCUT2D eigenvalue weighted by molar-refractivity contribution is 7.80. The van der Waals surface area contributed by atoms with Gasteiger partial charge in [-0.25, -0.2) is 0 Å². The van der Waals surface area contributed by atoms with Gasteiger partial charge < -0.3 is 10.6 Å². The van der Waals surface area contributed by atoms with E-state index in [0.717, 1.165) is 17.9 Å². The maximum absolute atomic E-state index is 5.31. The van der Waals surface area contributed by atoms with Gasteiger partial charge in [0.2, 0.25) is 0 Å². The summed E-state index contributed by atoms with van der Waals surface area (Å²) in [5, 5.41) is 11.4. The van der Waals surface area contributed by atoms with Crippen LogP contribution in [0.25, 0.3) is 0 Å². The summed E-state index contributed by atoms with van der Waals surface area (Å²) in [6.07, 6.45) is 2.05. The van der Waals surface area contributed by atoms with Gasteiger partial charge in [-0.05, 0) is 50.7 Å². The topological polar surface area (TPSA) is 41.9 Å². The Morgan fingerprint density at radius 2 is 2.15 bits per heavy atom. The van der Waals surface area contributed by atoms with Crippen molar-refractivity contribution >= 4 is 23.0 Å². The number of aryl methyl sites for hydroxylation is 3. The monoisotopic (exact) mass is 288 g/mol. The molecule has 0 radical (unpaired) electrons. The lowest BCUT2D eigenvalue weighted by molar-refractivity contribution is 0.653. The molecule has 0 aliphatic heterocycles. The van der Waals surface area contributed by atoms with E-state index in [1.807, 2.05) is 23.7 Å². The van der Waals surface area contributed by atoms with Crippen molar-refractivity contribution in [2.24, 2.45) is 0 Å². The van der Waals surface area contributed by atoms with Crippen LogP contribution in [-0.2, 0) is 13.1 Å². The van der Waals surface area contributed by atoms with E-state index in [9.17, 15) is 0 Å². The van der Waals surface area contributed by atoms with Crippen molar-refractivity contribution in [3.63, 3.8) is 0 Å². The molecule has 20 heavy (non-hydrogen) atoms. The lowest BCUT2D eigenvalue weighted by Crippen LogP contribution is -2.28. The van der Waals surface area contributed by atoms with Crippen LogP contribution in [0.15, 0.2) is 30.5 Å². The van der Waals surface area contributed by atoms with Crippen LogP contribution < -0.4 is 10.6 Å². The van der Waals surface area contributed by atoms with Crippen LogP contribution in [0.3, 0.4) is 0 Å². The number of hydrogen-bond acceptors (Lipinski definition) is 2. The highest BCUT2D eigenvalue weighted by Gasteiger charge is 2.05. The molecule has 5 heteroatoms. The molecule has 0 atom stereocenters. The summed E-state index contributed by atoms with van der Waals surface area (Å²) in [6, 6.07) is 8.13. The van der Waals surface area contributed by atoms with Crippen LogP contribution in [0, 0.1) is 13.8 Å². The summed E-state index contributed by atoms with van der Waals surface area (Å²) >= 11 is 5.31. The Morgan fingerprint density at radius 3 is 2.80 bits per heavy atom. The Bertz CT molecular complexity index is 604. The third-order valence-electron chi connectivity index (χ3n) is 3.09. The van der Waals surface area contributed by atoms with Gasteiger partial charge in [0.25, 0.3) is 0 Å². The molecule has 0 fully saturated rings. The second-order valence-electron chi connectivity index (χ2n) is 4.77. The number of aromatic nitrogens is 2. The lowest BCUT2D eigenvalue weighted by atomic mass is 10.2. The van der Waals surface area contributed by atoms with Gasteiger partial charge >= 0.3 is 0 Å². The van der Waals surface area contributed by atoms with Crippen molar-refractivity contribution in [1.82, 2.24) is 15.1 Å². The number of hydrogen-bond donors (Lipinski definition) is 2. The van der Waals surface area contributed by atoms with Crippen LogP contribution in [0.4, 0.5) is 5.69 Å². The predicted octanol–water partition coefficient (Wildman–Crippen LogP) is 3.01. The van der Waals surface area contributed by atoms with Gasteiger partial charge in [-0.15, -0.1) is 0 Å². The largest absolute Gasteiger partial charge is 0.358 e. The summed E-state index contributed by atoms with van der Waals surface area (Å²) in [5.41, 5.74) is 4.42. The molecule has 0 unspecified atom stereocenters. The fourth-order valence-electron chi connectivity index (χ4n) is 1.97. The number of thiocarbonyl (C=S) groups is 1. The van der Waals surface area contributed by atoms with Crippen LogP contribution in [0.5, 0.6) is 0 Å². The average Bonchev–Trinajstić information content (AvgIpc) is 2.77. The van der Waals surface area contributed by atoms with E-state index in [-0.39, 0.29) is 0 Å². The van der Waals surface area contributed by atoms with Crippen LogP contribution in [0.2, 0.25) is 0 Å². The lowest BCUT2D eigenvalue weighted by Gasteiger charge is -2.10. The average molecular weight is 288 g/mol. The minimum atomic E-state index is 0.624. The van der Waals surface area contributed by atoms with Gasteiger partial charge in [0.15, 0.2) is 5.11 Å². The Kier molecular flexibility index (Phi) is 4.74. The summed E-state index contributed by atoms with van der Waals surface area (Å²) in [7, 11) is 0. The highest BCUT2D eigenvalue weighted by atomic mass is 32.1. The number of nitrogens with one attached hydrogen (secondary N) is 2. The van der Waals surface area contributed by atoms with Crippen molar-refractivity contribution in [2.45, 2.75) is 33.9 Å². The van der Waals surface area contributed by atoms with Crippen molar-refractivity contribution < 1.29 is 0 Å². The third kappa shape index (κ3) is 3.81. The van der Waals surface area contributed by atoms with E-state index < -0.39 is 0 Å². The molecule has 2 aromatic rings. The van der Waals surface area contributed by atoms with Gasteiger partial charge in [-0.1, -0.05) is 12.1 Å². The molecular weight excluding hydrogens is 268 g/mol. The van der Waals surface area contributed by atoms with E-state index in [1.54, 1.807) is 0 Å². The number of nitrogens with zero attached hydrogens (tertiary/aromatic N) is 2. The first-order valence-corrected chi connectivity index (χ1v) is 7.13. The molecule has 0 aliphatic carbocycles. The van der Waals surface area contributed by atoms with E-state index in [2.05, 4.69) is 47.9 Å². The van der Waals surface area contributed by atoms with Gasteiger partial charge in [-0.3, -0.25) is 4.68 Å². The summed E-state index contributed by atoms with van der Waals surface area (Å²) < 4.78 is 1.93. The van der Waals surface area contributed by atoms with Crippen LogP contribution >= 0.6 is 12.2 Å². The zero-order chi connectivity index (χ0) is 14.5. The predicted molar refractivity (Wildman–Crippen MR) is 86.9 cm³/mol. The normalized spacial score (nSPS) is 10.3. The van der Waals surface area contributed by atoms with Gasteiger partial charge in [0, 0.05) is 30.5 Å². The Morgan fingerprint density at radius 1 is 1.35 bits per heavy atom. The standard InChI is InChI=1S/C15H20N4S/c1-4-19-10-13(12(3)18-19)9-16-15(20)17-14-7-5-6-11(2)8-14/h5-8,10H,4,9H2,1-3H3,(H2,16,17,20). The minimum Gasteiger partial charge on any atom is -0.358 e. The van der Waals surface area contributed by atoms with Gasteiger partial charge in [0.1, 0.15) is 0 Å². The second kappa shape index (κ2) is 6.52. The molecule has 0 amide bonds. The van der Waals surface area contributed by atoms with Crippen molar-refractivity contribution in [3.8, 4) is 0 Å². The third-order valence-corrected chi connectivity index (χ3v) is 3.33. The summed E-state index contributed by atoms with van der Waals surface area (Å²) in [4.78, 5) is 0. The molecule has 0 bridgehead atoms. The minimum absolute atomic E-state index is 0.624. The molecule has 0 saturated heterocycles. The fourth-order valence-corrected chi connectivity index (χ4v) is 2.16. The molecule has 4 nitrogen and oxygen atoms in total. The molecule has 2 rings (SSSR count). The van der Waals surface area contributed by atoms with E-state index in [0.29, 0.717) is 11.7 Å². The molecule has 0 aliphatic rings. The van der Waals surface area contributed by atoms with Crippen molar-refractivity contribution in [2.75, 3.05) is 5.32 Å². The van der Waals surface area contributed by atoms with Crippen LogP contribution in [0.1, 0.15) is 23.7 Å². The van der Waals surface area contributed by atoms with E-state index in [4.69, 9.17) is 12.2 Å². The first-order chi connectivity index (χ1) is 9.58. The maximum Gasteiger partial charge on any atom is 0.171 e. The van der Waals surface area contributed by atoms with Crippen LogP contribution in [-0.4, -0.2) is 14.9 Å². The van der Waals surface area contributed by atoms with Crippen molar-refractivity contribution in [1.29, 1.82) is 0 Å². The maximum atomic E-state index is 5.31. The Hall–Kier alpha value is -1.88. The molecule has 106 valence electrons. The Labute approximate surface area is 125 Å². The number of anilines is 1. The summed E-state index contributed by atoms with van der Waals surface area (Å²) in [6.45, 7) is 7.72. The zero-order valence-electron chi connectivity index (χ0n) is 12.1. The van der Waals surface area contributed by atoms with E-state index in [1.165, 1.54) is 11.1 Å². The molecule has 1 heterocycles. The Balaban J connectivity index is 1.90. The SMILES string of the molecule is CCn1cc(CNC(=S)Nc2cccc(C)c2)c(C)n1. The molecule has 0 saturated carbocycles. The molecule has 2 N–H and O–H groups in total. The quantitative estimate of drug-likeness (QED) is 0.849. The molecule has 0 spiro atoms. The first kappa shape index (κ1) is 14.5. The summed E-state index contributed by atoms with van der Waals surface area (Å²) in [5.74, 6) is 0. The fraction of sp³-hybridized carbons (Fsp3) is 0.333. The first-order valence-electron chi connectivity index (χ1n) is 6.73. The molecular formula is C15H20N4S. The zero-order valence-corrected chi connectivity index (χ0v) is 12.9. The van der Waals surface area contributed by atoms with Crippen molar-refractivity contribution in [3.05, 3.63) is 47.3 Å². The number of benzene rings is 1. The smallest absolute Gasteiger partial charge is 0.171 e. The van der Waals surface area contributed by atoms with Gasteiger partial charge in [0.05, 0.1) is 5.69 Å². The molecule has 1 aromatic carbocycles. The second-order valence-corrected chi connectivity index (χ2v) is 5.18. The number of rotatable bonds is 4. The molecule has 1 aromatic heterocycles. The van der Waals surface area contributed by atoms with E-state index >= 15 is 0 Å².